The topological polar surface area (TPSA) is 168 Å². The van der Waals surface area contributed by atoms with Crippen LogP contribution in [-0.4, -0.2) is 39.2 Å². The van der Waals surface area contributed by atoms with Gasteiger partial charge in [0.25, 0.3) is 5.69 Å². The number of nitrogens with two attached hydrogens (primary N) is 1. The molecule has 0 amide bonds. The number of benzene rings is 2. The van der Waals surface area contributed by atoms with E-state index in [1.165, 1.54) is 24.3 Å². The number of nitrogen functional groups attached to an aromatic ring is 1. The summed E-state index contributed by atoms with van der Waals surface area (Å²) in [6.45, 7) is 4.00. The van der Waals surface area contributed by atoms with Crippen molar-refractivity contribution in [2.24, 2.45) is 0 Å². The van der Waals surface area contributed by atoms with Crippen LogP contribution in [0.1, 0.15) is 60.2 Å². The molecule has 0 spiro atoms. The Morgan fingerprint density at radius 1 is 0.906 bits per heavy atom. The molecule has 0 bridgehead atoms. The molecule has 0 atom stereocenters. The second-order valence-corrected chi connectivity index (χ2v) is 7.24. The van der Waals surface area contributed by atoms with Gasteiger partial charge in [-0.3, -0.25) is 10.1 Å². The maximum Gasteiger partial charge on any atom is 0.335 e. The Balaban J connectivity index is 0.000000212. The van der Waals surface area contributed by atoms with Crippen molar-refractivity contribution >= 4 is 34.7 Å². The van der Waals surface area contributed by atoms with Crippen LogP contribution >= 0.6 is 0 Å². The molecule has 0 heterocycles. The zero-order valence-electron chi connectivity index (χ0n) is 18.0. The summed E-state index contributed by atoms with van der Waals surface area (Å²) < 4.78 is 0. The van der Waals surface area contributed by atoms with Crippen LogP contribution < -0.4 is 16.4 Å². The van der Waals surface area contributed by atoms with E-state index in [4.69, 9.17) is 15.9 Å². The largest absolute Gasteiger partial charge is 0.478 e. The third-order valence-electron chi connectivity index (χ3n) is 4.61. The van der Waals surface area contributed by atoms with Crippen molar-refractivity contribution in [3.8, 4) is 0 Å². The first kappa shape index (κ1) is 24.4. The van der Waals surface area contributed by atoms with Gasteiger partial charge in [-0.15, -0.1) is 0 Å². The van der Waals surface area contributed by atoms with Gasteiger partial charge in [-0.1, -0.05) is 13.8 Å². The van der Waals surface area contributed by atoms with Gasteiger partial charge in [0.05, 0.1) is 27.4 Å². The minimum Gasteiger partial charge on any atom is -0.478 e. The lowest BCUT2D eigenvalue weighted by molar-refractivity contribution is -0.384. The predicted molar refractivity (Wildman–Crippen MR) is 123 cm³/mol. The maximum absolute atomic E-state index is 10.7. The Morgan fingerprint density at radius 3 is 1.78 bits per heavy atom. The van der Waals surface area contributed by atoms with Crippen LogP contribution in [0.5, 0.6) is 0 Å². The molecule has 172 valence electrons. The second kappa shape index (κ2) is 11.0. The van der Waals surface area contributed by atoms with Gasteiger partial charge in [-0.2, -0.15) is 0 Å². The normalized spacial score (nSPS) is 14.1. The van der Waals surface area contributed by atoms with Crippen molar-refractivity contribution in [1.82, 2.24) is 0 Å². The van der Waals surface area contributed by atoms with E-state index >= 15 is 0 Å². The second-order valence-electron chi connectivity index (χ2n) is 7.24. The molecule has 10 nitrogen and oxygen atoms in total. The number of carboxylic acid groups (broad SMARTS) is 2. The van der Waals surface area contributed by atoms with E-state index in [9.17, 15) is 19.7 Å². The van der Waals surface area contributed by atoms with Crippen LogP contribution in [0.25, 0.3) is 0 Å². The van der Waals surface area contributed by atoms with E-state index in [0.717, 1.165) is 31.4 Å². The van der Waals surface area contributed by atoms with Crippen LogP contribution in [0.2, 0.25) is 0 Å². The minimum atomic E-state index is -1.09. The van der Waals surface area contributed by atoms with Crippen LogP contribution in [0.4, 0.5) is 22.7 Å². The zero-order chi connectivity index (χ0) is 23.8. The number of nitro benzene ring substituents is 1. The fraction of sp³-hybridized carbons (Fsp3) is 0.364. The fourth-order valence-corrected chi connectivity index (χ4v) is 2.65. The van der Waals surface area contributed by atoms with Crippen LogP contribution in [-0.2, 0) is 0 Å². The Labute approximate surface area is 185 Å². The molecule has 0 aromatic heterocycles. The number of carboxylic acids is 2. The highest BCUT2D eigenvalue weighted by Crippen LogP contribution is 2.31. The van der Waals surface area contributed by atoms with E-state index in [0.29, 0.717) is 11.7 Å². The van der Waals surface area contributed by atoms with Gasteiger partial charge in [0.1, 0.15) is 5.69 Å². The van der Waals surface area contributed by atoms with Gasteiger partial charge in [-0.05, 0) is 56.0 Å². The Hall–Kier alpha value is -3.82. The maximum atomic E-state index is 10.7. The molecular weight excluding hydrogens is 416 g/mol. The zero-order valence-corrected chi connectivity index (χ0v) is 18.0. The lowest BCUT2D eigenvalue weighted by Gasteiger charge is -2.08. The van der Waals surface area contributed by atoms with Gasteiger partial charge in [0.15, 0.2) is 0 Å². The highest BCUT2D eigenvalue weighted by molar-refractivity contribution is 5.91. The van der Waals surface area contributed by atoms with Crippen molar-refractivity contribution in [2.75, 3.05) is 16.4 Å². The monoisotopic (exact) mass is 444 g/mol. The van der Waals surface area contributed by atoms with Crippen molar-refractivity contribution in [2.45, 2.75) is 51.6 Å². The highest BCUT2D eigenvalue weighted by Gasteiger charge is 2.25. The van der Waals surface area contributed by atoms with Crippen LogP contribution in [0.15, 0.2) is 36.4 Å². The van der Waals surface area contributed by atoms with Gasteiger partial charge < -0.3 is 26.6 Å². The Morgan fingerprint density at radius 2 is 1.34 bits per heavy atom. The summed E-state index contributed by atoms with van der Waals surface area (Å²) in [5, 5.41) is 34.4. The standard InChI is InChI=1S/C10H10N2O4.C10H12N2O2.C2H6/c13-10(14)6-1-4-9(12(15)16)8(5-6)11-7-2-3-7;11-8-4-1-6(10(13)14)5-9(8)12-7-2-3-7;1-2/h1,4-5,7,11H,2-3H2,(H,13,14);1,4-5,7,12H,2-3,11H2,(H,13,14);1-2H3. The number of nitrogens with one attached hydrogen (secondary N) is 2. The van der Waals surface area contributed by atoms with E-state index in [1.54, 1.807) is 12.1 Å². The van der Waals surface area contributed by atoms with Crippen molar-refractivity contribution < 1.29 is 24.7 Å². The summed E-state index contributed by atoms with van der Waals surface area (Å²) in [5.41, 5.74) is 7.55. The van der Waals surface area contributed by atoms with Gasteiger partial charge in [0.2, 0.25) is 0 Å². The van der Waals surface area contributed by atoms with Crippen LogP contribution in [0.3, 0.4) is 0 Å². The molecule has 4 rings (SSSR count). The molecule has 6 N–H and O–H groups in total. The average molecular weight is 444 g/mol. The van der Waals surface area contributed by atoms with E-state index in [-0.39, 0.29) is 28.5 Å². The number of nitro groups is 1. The van der Waals surface area contributed by atoms with Crippen molar-refractivity contribution in [3.05, 3.63) is 57.6 Å². The third kappa shape index (κ3) is 7.15. The molecule has 2 aromatic carbocycles. The predicted octanol–water partition coefficient (Wildman–Crippen LogP) is 4.43. The molecule has 2 aliphatic carbocycles. The minimum absolute atomic E-state index is 0.0498. The van der Waals surface area contributed by atoms with Gasteiger partial charge in [-0.25, -0.2) is 9.59 Å². The molecule has 0 saturated heterocycles. The number of anilines is 3. The summed E-state index contributed by atoms with van der Waals surface area (Å²) in [5.74, 6) is -2.02. The van der Waals surface area contributed by atoms with Gasteiger partial charge >= 0.3 is 11.9 Å². The number of rotatable bonds is 7. The molecule has 2 saturated carbocycles. The van der Waals surface area contributed by atoms with Crippen molar-refractivity contribution in [3.63, 3.8) is 0 Å². The Bertz CT molecular complexity index is 986. The SMILES string of the molecule is CC.Nc1ccc(C(=O)O)cc1NC1CC1.O=C(O)c1ccc([N+](=O)[O-])c(NC2CC2)c1. The molecule has 32 heavy (non-hydrogen) atoms. The summed E-state index contributed by atoms with van der Waals surface area (Å²) in [4.78, 5) is 31.6. The first-order chi connectivity index (χ1) is 15.2. The number of nitrogens with zero attached hydrogens (tertiary/aromatic N) is 1. The number of aromatic carboxylic acids is 2. The quantitative estimate of drug-likeness (QED) is 0.235. The lowest BCUT2D eigenvalue weighted by Crippen LogP contribution is -2.06. The fourth-order valence-electron chi connectivity index (χ4n) is 2.65. The molecule has 2 aromatic rings. The van der Waals surface area contributed by atoms with Gasteiger partial charge in [0, 0.05) is 18.2 Å². The average Bonchev–Trinajstić information content (AvgIpc) is 3.68. The molecule has 10 heteroatoms. The first-order valence-corrected chi connectivity index (χ1v) is 10.4. The number of hydrogen-bond acceptors (Lipinski definition) is 7. The van der Waals surface area contributed by atoms with Crippen LogP contribution in [0, 0.1) is 10.1 Å². The van der Waals surface area contributed by atoms with Crippen molar-refractivity contribution in [1.29, 1.82) is 0 Å². The summed E-state index contributed by atoms with van der Waals surface area (Å²) in [7, 11) is 0. The summed E-state index contributed by atoms with van der Waals surface area (Å²) in [6, 6.07) is 9.18. The van der Waals surface area contributed by atoms with E-state index in [2.05, 4.69) is 10.6 Å². The molecule has 2 fully saturated rings. The molecule has 0 unspecified atom stereocenters. The lowest BCUT2D eigenvalue weighted by atomic mass is 10.1. The first-order valence-electron chi connectivity index (χ1n) is 10.4. The molecule has 2 aliphatic rings. The smallest absolute Gasteiger partial charge is 0.335 e. The number of carbonyl (C=O) groups is 2. The Kier molecular flexibility index (Phi) is 8.39. The number of hydrogen-bond donors (Lipinski definition) is 5. The summed E-state index contributed by atoms with van der Waals surface area (Å²) in [6.07, 6.45) is 4.20. The van der Waals surface area contributed by atoms with E-state index < -0.39 is 16.9 Å². The molecular formula is C22H28N4O6. The summed E-state index contributed by atoms with van der Waals surface area (Å²) >= 11 is 0. The molecule has 0 radical (unpaired) electrons. The highest BCUT2D eigenvalue weighted by atomic mass is 16.6. The molecule has 0 aliphatic heterocycles. The van der Waals surface area contributed by atoms with E-state index in [1.807, 2.05) is 13.8 Å². The third-order valence-corrected chi connectivity index (χ3v) is 4.61.